The summed E-state index contributed by atoms with van der Waals surface area (Å²) >= 11 is 12.3. The summed E-state index contributed by atoms with van der Waals surface area (Å²) in [6, 6.07) is 11.9. The van der Waals surface area contributed by atoms with Crippen LogP contribution in [0.2, 0.25) is 10.0 Å². The van der Waals surface area contributed by atoms with Crippen LogP contribution in [0.3, 0.4) is 0 Å². The van der Waals surface area contributed by atoms with Gasteiger partial charge in [0.05, 0.1) is 21.4 Å². The highest BCUT2D eigenvalue weighted by atomic mass is 35.5. The molecule has 10 nitrogen and oxygen atoms in total. The van der Waals surface area contributed by atoms with E-state index in [2.05, 4.69) is 20.4 Å². The molecule has 4 N–H and O–H groups in total. The summed E-state index contributed by atoms with van der Waals surface area (Å²) in [6.45, 7) is 3.35. The molecule has 0 saturated carbocycles. The molecule has 0 amide bonds. The van der Waals surface area contributed by atoms with Gasteiger partial charge < -0.3 is 25.8 Å². The zero-order chi connectivity index (χ0) is 32.8. The Morgan fingerprint density at radius 1 is 1.09 bits per heavy atom. The molecule has 4 aromatic rings. The summed E-state index contributed by atoms with van der Waals surface area (Å²) < 4.78 is 51.8. The van der Waals surface area contributed by atoms with Crippen LogP contribution in [-0.2, 0) is 4.79 Å². The number of hydrogen-bond donors (Lipinski definition) is 3. The monoisotopic (exact) mass is 675 g/mol. The Balaban J connectivity index is 1.33. The summed E-state index contributed by atoms with van der Waals surface area (Å²) in [5.74, 6) is -1.14. The molecule has 15 heteroatoms. The van der Waals surface area contributed by atoms with E-state index in [0.29, 0.717) is 66.6 Å². The number of nitrogens with two attached hydrogens (primary N) is 1. The standard InChI is InChI=1S/C31H30Cl2F3N7O3/c1-17-6-9-43(41-17)24-5-3-18(19-2-4-21(32)22(33)13-19)12-20(24)27(31(34,35)36)46-26-14-25(39-29(37)40-26)42-10-7-30(8-11-42)15-23(28(44)45)38-16-30/h2-6,9,12-14,23,27,38H,7-8,10-11,15-16H2,1H3,(H,44,45)(H2,37,39,40)/t23-,27?/m0/s1. The largest absolute Gasteiger partial charge is 0.480 e. The van der Waals surface area contributed by atoms with Crippen LogP contribution in [0, 0.1) is 12.3 Å². The van der Waals surface area contributed by atoms with Crippen molar-refractivity contribution in [1.82, 2.24) is 25.1 Å². The van der Waals surface area contributed by atoms with Crippen molar-refractivity contribution in [3.63, 3.8) is 0 Å². The maximum absolute atomic E-state index is 14.9. The molecule has 46 heavy (non-hydrogen) atoms. The molecule has 0 radical (unpaired) electrons. The number of nitrogens with one attached hydrogen (secondary N) is 1. The molecule has 2 aliphatic rings. The Hall–Kier alpha value is -4.07. The Kier molecular flexibility index (Phi) is 8.51. The van der Waals surface area contributed by atoms with Gasteiger partial charge in [-0.25, -0.2) is 4.68 Å². The zero-order valence-corrected chi connectivity index (χ0v) is 26.1. The number of aliphatic carboxylic acids is 1. The number of aromatic nitrogens is 4. The van der Waals surface area contributed by atoms with Crippen LogP contribution >= 0.6 is 23.2 Å². The van der Waals surface area contributed by atoms with Crippen LogP contribution < -0.4 is 20.7 Å². The summed E-state index contributed by atoms with van der Waals surface area (Å²) in [6.07, 6.45) is -3.88. The van der Waals surface area contributed by atoms with Crippen LogP contribution in [0.25, 0.3) is 16.8 Å². The Bertz CT molecular complexity index is 1780. The number of carboxylic acids is 1. The van der Waals surface area contributed by atoms with Gasteiger partial charge in [-0.3, -0.25) is 4.79 Å². The Labute approximate surface area is 272 Å². The van der Waals surface area contributed by atoms with Crippen molar-refractivity contribution in [3.8, 4) is 22.7 Å². The predicted molar refractivity (Wildman–Crippen MR) is 168 cm³/mol. The van der Waals surface area contributed by atoms with E-state index in [9.17, 15) is 23.1 Å². The average Bonchev–Trinajstić information content (AvgIpc) is 3.63. The van der Waals surface area contributed by atoms with Gasteiger partial charge in [0.1, 0.15) is 11.9 Å². The number of halogens is 5. The maximum atomic E-state index is 14.9. The maximum Gasteiger partial charge on any atom is 0.429 e. The van der Waals surface area contributed by atoms with Gasteiger partial charge in [0.25, 0.3) is 0 Å². The number of anilines is 2. The quantitative estimate of drug-likeness (QED) is 0.208. The summed E-state index contributed by atoms with van der Waals surface area (Å²) in [7, 11) is 0. The van der Waals surface area contributed by atoms with Crippen LogP contribution in [0.15, 0.2) is 54.7 Å². The normalized spacial score (nSPS) is 18.6. The number of nitrogens with zero attached hydrogens (tertiary/aromatic N) is 5. The molecule has 2 aromatic carbocycles. The molecule has 4 heterocycles. The molecule has 1 spiro atoms. The van der Waals surface area contributed by atoms with Crippen molar-refractivity contribution in [2.45, 2.75) is 44.5 Å². The molecule has 2 saturated heterocycles. The molecule has 0 bridgehead atoms. The second kappa shape index (κ2) is 12.3. The van der Waals surface area contributed by atoms with E-state index in [1.54, 1.807) is 43.5 Å². The number of rotatable bonds is 7. The fraction of sp³-hybridized carbons (Fsp3) is 0.355. The average molecular weight is 677 g/mol. The predicted octanol–water partition coefficient (Wildman–Crippen LogP) is 6.24. The zero-order valence-electron chi connectivity index (χ0n) is 24.6. The first-order valence-corrected chi connectivity index (χ1v) is 15.3. The van der Waals surface area contributed by atoms with Crippen molar-refractivity contribution in [2.24, 2.45) is 5.41 Å². The Morgan fingerprint density at radius 3 is 2.43 bits per heavy atom. The van der Waals surface area contributed by atoms with E-state index in [4.69, 9.17) is 33.7 Å². The second-order valence-electron chi connectivity index (χ2n) is 11.7. The molecular weight excluding hydrogens is 646 g/mol. The fourth-order valence-corrected chi connectivity index (χ4v) is 6.44. The van der Waals surface area contributed by atoms with Gasteiger partial charge in [-0.05, 0) is 73.1 Å². The van der Waals surface area contributed by atoms with Gasteiger partial charge in [-0.2, -0.15) is 28.2 Å². The van der Waals surface area contributed by atoms with Crippen LogP contribution in [0.4, 0.5) is 24.9 Å². The van der Waals surface area contributed by atoms with Crippen LogP contribution in [-0.4, -0.2) is 62.7 Å². The van der Waals surface area contributed by atoms with Gasteiger partial charge >= 0.3 is 12.1 Å². The van der Waals surface area contributed by atoms with Crippen molar-refractivity contribution >= 4 is 40.9 Å². The van der Waals surface area contributed by atoms with E-state index in [-0.39, 0.29) is 33.5 Å². The molecular formula is C31H30Cl2F3N7O3. The fourth-order valence-electron chi connectivity index (χ4n) is 6.14. The van der Waals surface area contributed by atoms with Crippen molar-refractivity contribution in [1.29, 1.82) is 0 Å². The first-order chi connectivity index (χ1) is 21.8. The third kappa shape index (κ3) is 6.58. The van der Waals surface area contributed by atoms with E-state index in [1.165, 1.54) is 22.9 Å². The molecule has 2 atom stereocenters. The number of hydrogen-bond acceptors (Lipinski definition) is 8. The van der Waals surface area contributed by atoms with E-state index < -0.39 is 24.3 Å². The molecule has 1 unspecified atom stereocenters. The topological polar surface area (TPSA) is 131 Å². The molecule has 0 aliphatic carbocycles. The molecule has 2 aromatic heterocycles. The van der Waals surface area contributed by atoms with Gasteiger partial charge in [0.2, 0.25) is 17.9 Å². The van der Waals surface area contributed by atoms with E-state index >= 15 is 0 Å². The highest BCUT2D eigenvalue weighted by molar-refractivity contribution is 6.42. The number of piperidine rings is 1. The van der Waals surface area contributed by atoms with Gasteiger partial charge in [0, 0.05) is 37.5 Å². The summed E-state index contributed by atoms with van der Waals surface area (Å²) in [5.41, 5.74) is 7.40. The molecule has 6 rings (SSSR count). The lowest BCUT2D eigenvalue weighted by Gasteiger charge is -2.39. The number of carbonyl (C=O) groups is 1. The number of ether oxygens (including phenoxy) is 1. The molecule has 2 fully saturated rings. The first-order valence-electron chi connectivity index (χ1n) is 14.5. The lowest BCUT2D eigenvalue weighted by atomic mass is 9.76. The minimum Gasteiger partial charge on any atom is -0.480 e. The highest BCUT2D eigenvalue weighted by Crippen LogP contribution is 2.43. The van der Waals surface area contributed by atoms with Crippen LogP contribution in [0.5, 0.6) is 5.88 Å². The minimum absolute atomic E-state index is 0.160. The minimum atomic E-state index is -4.87. The number of nitrogen functional groups attached to an aromatic ring is 1. The lowest BCUT2D eigenvalue weighted by Crippen LogP contribution is -2.41. The summed E-state index contributed by atoms with van der Waals surface area (Å²) in [4.78, 5) is 21.6. The number of alkyl halides is 3. The highest BCUT2D eigenvalue weighted by Gasteiger charge is 2.46. The number of aryl methyl sites for hydroxylation is 1. The SMILES string of the molecule is Cc1ccn(-c2ccc(-c3ccc(Cl)c(Cl)c3)cc2C(Oc2cc(N3CCC4(CC3)CN[C@H](C(=O)O)C4)nc(N)n2)C(F)(F)F)n1. The number of benzene rings is 2. The van der Waals surface area contributed by atoms with Gasteiger partial charge in [-0.1, -0.05) is 35.3 Å². The van der Waals surface area contributed by atoms with Crippen molar-refractivity contribution in [2.75, 3.05) is 30.3 Å². The third-order valence-electron chi connectivity index (χ3n) is 8.58. The lowest BCUT2D eigenvalue weighted by molar-refractivity contribution is -0.198. The van der Waals surface area contributed by atoms with Gasteiger partial charge in [0.15, 0.2) is 0 Å². The second-order valence-corrected chi connectivity index (χ2v) is 12.5. The first kappa shape index (κ1) is 31.9. The molecule has 242 valence electrons. The summed E-state index contributed by atoms with van der Waals surface area (Å²) in [5, 5.41) is 17.4. The molecule has 2 aliphatic heterocycles. The third-order valence-corrected chi connectivity index (χ3v) is 9.32. The van der Waals surface area contributed by atoms with E-state index in [0.717, 1.165) is 0 Å². The van der Waals surface area contributed by atoms with Crippen molar-refractivity contribution in [3.05, 3.63) is 76.0 Å². The van der Waals surface area contributed by atoms with Crippen LogP contribution in [0.1, 0.15) is 36.6 Å². The van der Waals surface area contributed by atoms with Gasteiger partial charge in [-0.15, -0.1) is 0 Å². The van der Waals surface area contributed by atoms with E-state index in [1.807, 2.05) is 4.90 Å². The van der Waals surface area contributed by atoms with Crippen molar-refractivity contribution < 1.29 is 27.8 Å². The Morgan fingerprint density at radius 2 is 1.80 bits per heavy atom. The smallest absolute Gasteiger partial charge is 0.429 e. The number of carboxylic acid groups (broad SMARTS) is 1.